The topological polar surface area (TPSA) is 0 Å². The molecular weight excluding hydrogens is 370 g/mol. The molecule has 0 amide bonds. The number of hydrogen-bond acceptors (Lipinski definition) is 0. The van der Waals surface area contributed by atoms with Gasteiger partial charge in [-0.05, 0) is 24.3 Å². The maximum Gasteiger partial charge on any atom is 0.0814 e. The summed E-state index contributed by atoms with van der Waals surface area (Å²) in [6, 6.07) is 27.7. The second-order valence-corrected chi connectivity index (χ2v) is 8.28. The van der Waals surface area contributed by atoms with Crippen molar-refractivity contribution in [3.8, 4) is 0 Å². The van der Waals surface area contributed by atoms with Gasteiger partial charge in [0.15, 0.2) is 0 Å². The minimum Gasteiger partial charge on any atom is -0.200 e. The van der Waals surface area contributed by atoms with E-state index in [1.54, 1.807) is 0 Å². The van der Waals surface area contributed by atoms with Gasteiger partial charge in [-0.3, -0.25) is 0 Å². The highest BCUT2D eigenvalue weighted by atomic mass is 35.5. The molecule has 0 spiro atoms. The van der Waals surface area contributed by atoms with Gasteiger partial charge >= 0.3 is 0 Å². The molecule has 0 nitrogen and oxygen atoms in total. The molecule has 0 bridgehead atoms. The van der Waals surface area contributed by atoms with Gasteiger partial charge in [0.2, 0.25) is 0 Å². The molecule has 0 aliphatic heterocycles. The van der Waals surface area contributed by atoms with E-state index in [1.807, 2.05) is 24.3 Å². The van der Waals surface area contributed by atoms with Crippen LogP contribution in [0.25, 0.3) is 0 Å². The first kappa shape index (κ1) is 20.0. The number of hydrogen-bond donors (Lipinski definition) is 0. The summed E-state index contributed by atoms with van der Waals surface area (Å²) in [5.74, 6) is 0. The maximum absolute atomic E-state index is 6.21. The Balaban J connectivity index is 2.16. The smallest absolute Gasteiger partial charge is 0.0814 e. The third-order valence-electron chi connectivity index (χ3n) is 5.74. The van der Waals surface area contributed by atoms with Crippen LogP contribution in [0.3, 0.4) is 0 Å². The van der Waals surface area contributed by atoms with E-state index in [9.17, 15) is 0 Å². The van der Waals surface area contributed by atoms with Crippen molar-refractivity contribution < 1.29 is 0 Å². The van der Waals surface area contributed by atoms with E-state index in [0.717, 1.165) is 16.4 Å². The average molecular weight is 396 g/mol. The van der Waals surface area contributed by atoms with Crippen molar-refractivity contribution in [3.05, 3.63) is 88.9 Å². The van der Waals surface area contributed by atoms with Gasteiger partial charge in [-0.15, -0.1) is 0 Å². The lowest BCUT2D eigenvalue weighted by Crippen LogP contribution is -2.66. The van der Waals surface area contributed by atoms with Gasteiger partial charge < -0.3 is 0 Å². The van der Waals surface area contributed by atoms with Gasteiger partial charge in [-0.2, -0.15) is 22.7 Å². The predicted molar refractivity (Wildman–Crippen MR) is 123 cm³/mol. The zero-order valence-electron chi connectivity index (χ0n) is 15.9. The van der Waals surface area contributed by atoms with Gasteiger partial charge in [-0.25, -0.2) is 0 Å². The summed E-state index contributed by atoms with van der Waals surface area (Å²) in [6.07, 6.45) is 5.03. The molecule has 140 valence electrons. The molecule has 0 unspecified atom stereocenters. The van der Waals surface area contributed by atoms with Crippen molar-refractivity contribution in [1.82, 2.24) is 0 Å². The average Bonchev–Trinajstić information content (AvgIpc) is 2.71. The number of benzene rings is 3. The number of rotatable bonds is 8. The highest BCUT2D eigenvalue weighted by Crippen LogP contribution is 2.20. The summed E-state index contributed by atoms with van der Waals surface area (Å²) in [7, 11) is 0. The summed E-state index contributed by atoms with van der Waals surface area (Å²) in [5.41, 5.74) is 4.05. The van der Waals surface area contributed by atoms with E-state index in [0.29, 0.717) is 0 Å². The largest absolute Gasteiger partial charge is 0.200 e. The van der Waals surface area contributed by atoms with Gasteiger partial charge in [0.25, 0.3) is 0 Å². The van der Waals surface area contributed by atoms with Crippen molar-refractivity contribution in [3.63, 3.8) is 0 Å². The Hall–Kier alpha value is -1.70. The quantitative estimate of drug-likeness (QED) is 0.322. The van der Waals surface area contributed by atoms with Crippen molar-refractivity contribution in [1.29, 1.82) is 0 Å². The van der Waals surface area contributed by atoms with E-state index in [2.05, 4.69) is 61.5 Å². The SMILES string of the molecule is CCCCCC[B-](c1ccccc1)(c1ccc(Cl)cc1)c1ccc(Cl)cc1. The van der Waals surface area contributed by atoms with Crippen LogP contribution in [-0.2, 0) is 0 Å². The third kappa shape index (κ3) is 4.59. The zero-order valence-corrected chi connectivity index (χ0v) is 17.4. The van der Waals surface area contributed by atoms with E-state index in [1.165, 1.54) is 42.1 Å². The van der Waals surface area contributed by atoms with Crippen LogP contribution in [0.4, 0.5) is 0 Å². The molecule has 3 aromatic rings. The second kappa shape index (κ2) is 9.49. The summed E-state index contributed by atoms with van der Waals surface area (Å²) in [6.45, 7) is 2.26. The Kier molecular flexibility index (Phi) is 7.04. The predicted octanol–water partition coefficient (Wildman–Crippen LogP) is 6.04. The van der Waals surface area contributed by atoms with Crippen LogP contribution >= 0.6 is 23.2 Å². The van der Waals surface area contributed by atoms with Gasteiger partial charge in [0.05, 0.1) is 6.15 Å². The molecule has 0 heterocycles. The fourth-order valence-corrected chi connectivity index (χ4v) is 4.57. The van der Waals surface area contributed by atoms with Crippen molar-refractivity contribution in [2.75, 3.05) is 0 Å². The van der Waals surface area contributed by atoms with Crippen LogP contribution in [0, 0.1) is 0 Å². The Labute approximate surface area is 173 Å². The number of unbranched alkanes of at least 4 members (excludes halogenated alkanes) is 3. The monoisotopic (exact) mass is 395 g/mol. The molecule has 3 aromatic carbocycles. The molecule has 3 rings (SSSR count). The first-order chi connectivity index (χ1) is 13.2. The lowest BCUT2D eigenvalue weighted by atomic mass is 9.14. The van der Waals surface area contributed by atoms with Crippen molar-refractivity contribution in [2.24, 2.45) is 0 Å². The standard InChI is InChI=1S/C24H26BCl2/c1-2-3-4-8-19-25(20-9-6-5-7-10-20,21-11-15-23(26)16-12-21)22-13-17-24(27)18-14-22/h5-7,9-18H,2-4,8,19H2,1H3/q-1. The minimum absolute atomic E-state index is 0.776. The third-order valence-corrected chi connectivity index (χ3v) is 6.24. The first-order valence-corrected chi connectivity index (χ1v) is 10.7. The first-order valence-electron chi connectivity index (χ1n) is 9.91. The van der Waals surface area contributed by atoms with Gasteiger partial charge in [-0.1, -0.05) is 110 Å². The molecule has 0 fully saturated rings. The van der Waals surface area contributed by atoms with Crippen LogP contribution in [0.1, 0.15) is 32.6 Å². The normalized spacial score (nSPS) is 11.5. The lowest BCUT2D eigenvalue weighted by molar-refractivity contribution is 0.698. The van der Waals surface area contributed by atoms with E-state index >= 15 is 0 Å². The van der Waals surface area contributed by atoms with Crippen molar-refractivity contribution >= 4 is 45.7 Å². The van der Waals surface area contributed by atoms with Crippen molar-refractivity contribution in [2.45, 2.75) is 38.9 Å². The molecule has 0 N–H and O–H groups in total. The molecule has 0 saturated carbocycles. The van der Waals surface area contributed by atoms with Crippen LogP contribution in [0.2, 0.25) is 16.4 Å². The fraction of sp³-hybridized carbons (Fsp3) is 0.250. The number of halogens is 2. The van der Waals surface area contributed by atoms with Gasteiger partial charge in [0, 0.05) is 10.0 Å². The second-order valence-electron chi connectivity index (χ2n) is 7.41. The summed E-state index contributed by atoms with van der Waals surface area (Å²) < 4.78 is 0. The summed E-state index contributed by atoms with van der Waals surface area (Å²) in [4.78, 5) is 0. The molecule has 0 radical (unpaired) electrons. The molecule has 0 aliphatic rings. The maximum atomic E-state index is 6.21. The van der Waals surface area contributed by atoms with Gasteiger partial charge in [0.1, 0.15) is 0 Å². The molecule has 0 aliphatic carbocycles. The highest BCUT2D eigenvalue weighted by Gasteiger charge is 2.29. The molecule has 0 aromatic heterocycles. The molecule has 3 heteroatoms. The molecule has 27 heavy (non-hydrogen) atoms. The van der Waals surface area contributed by atoms with E-state index in [-0.39, 0.29) is 0 Å². The van der Waals surface area contributed by atoms with Crippen LogP contribution in [-0.4, -0.2) is 6.15 Å². The van der Waals surface area contributed by atoms with E-state index < -0.39 is 6.15 Å². The lowest BCUT2D eigenvalue weighted by Gasteiger charge is -2.43. The van der Waals surface area contributed by atoms with E-state index in [4.69, 9.17) is 23.2 Å². The fourth-order valence-electron chi connectivity index (χ4n) is 4.32. The molecule has 0 atom stereocenters. The molecule has 0 saturated heterocycles. The summed E-state index contributed by atoms with van der Waals surface area (Å²) >= 11 is 12.4. The van der Waals surface area contributed by atoms with Crippen LogP contribution < -0.4 is 16.4 Å². The minimum atomic E-state index is -1.07. The van der Waals surface area contributed by atoms with Crippen LogP contribution in [0.15, 0.2) is 78.9 Å². The summed E-state index contributed by atoms with van der Waals surface area (Å²) in [5, 5.41) is 1.55. The Morgan fingerprint density at radius 1 is 0.593 bits per heavy atom. The Bertz CT molecular complexity index is 781. The van der Waals surface area contributed by atoms with Crippen LogP contribution in [0.5, 0.6) is 0 Å². The molecular formula is C24H26BCl2-. The zero-order chi connectivity index (χ0) is 19.1. The highest BCUT2D eigenvalue weighted by molar-refractivity contribution is 7.11. The Morgan fingerprint density at radius 3 is 1.56 bits per heavy atom. The Morgan fingerprint density at radius 2 is 1.07 bits per heavy atom.